The fourth-order valence-corrected chi connectivity index (χ4v) is 5.34. The lowest BCUT2D eigenvalue weighted by Gasteiger charge is -2.44. The van der Waals surface area contributed by atoms with Crippen molar-refractivity contribution >= 4 is 17.3 Å². The molecule has 154 valence electrons. The molecule has 2 aliphatic carbocycles. The van der Waals surface area contributed by atoms with Crippen molar-refractivity contribution in [1.29, 1.82) is 0 Å². The molecule has 1 aromatic carbocycles. The predicted octanol–water partition coefficient (Wildman–Crippen LogP) is 5.27. The molecule has 3 aliphatic rings. The number of aliphatic imine (C=N–C) groups is 1. The molecule has 0 amide bonds. The summed E-state index contributed by atoms with van der Waals surface area (Å²) in [7, 11) is 0. The second kappa shape index (κ2) is 6.93. The number of ketones is 2. The van der Waals surface area contributed by atoms with E-state index in [9.17, 15) is 9.59 Å². The summed E-state index contributed by atoms with van der Waals surface area (Å²) in [6.07, 6.45) is 2.61. The summed E-state index contributed by atoms with van der Waals surface area (Å²) < 4.78 is 5.71. The molecule has 0 spiro atoms. The highest BCUT2D eigenvalue weighted by molar-refractivity contribution is 6.13. The summed E-state index contributed by atoms with van der Waals surface area (Å²) in [5.74, 6) is 0.553. The molecule has 29 heavy (non-hydrogen) atoms. The molecule has 1 unspecified atom stereocenters. The van der Waals surface area contributed by atoms with Crippen molar-refractivity contribution in [3.8, 4) is 5.75 Å². The second-order valence-electron chi connectivity index (χ2n) is 10.3. The first-order chi connectivity index (χ1) is 13.6. The number of carbonyl (C=O) groups is 2. The van der Waals surface area contributed by atoms with Gasteiger partial charge in [0.25, 0.3) is 0 Å². The van der Waals surface area contributed by atoms with Crippen LogP contribution >= 0.6 is 0 Å². The van der Waals surface area contributed by atoms with Crippen LogP contribution in [0.25, 0.3) is 0 Å². The van der Waals surface area contributed by atoms with Gasteiger partial charge in [-0.1, -0.05) is 39.8 Å². The van der Waals surface area contributed by atoms with E-state index >= 15 is 0 Å². The van der Waals surface area contributed by atoms with E-state index in [0.29, 0.717) is 19.4 Å². The van der Waals surface area contributed by atoms with E-state index in [4.69, 9.17) is 9.73 Å². The largest absolute Gasteiger partial charge is 0.494 e. The average Bonchev–Trinajstić information content (AvgIpc) is 2.58. The normalized spacial score (nSPS) is 27.8. The number of Topliss-reactive ketones (excluding diaryl/α,β-unsaturated/α-hetero) is 2. The van der Waals surface area contributed by atoms with Crippen LogP contribution in [0.4, 0.5) is 0 Å². The van der Waals surface area contributed by atoms with E-state index in [1.807, 2.05) is 31.2 Å². The minimum atomic E-state index is -0.330. The fraction of sp³-hybridized carbons (Fsp3) is 0.560. The summed E-state index contributed by atoms with van der Waals surface area (Å²) in [6.45, 7) is 11.1. The first kappa shape index (κ1) is 20.1. The lowest BCUT2D eigenvalue weighted by Crippen LogP contribution is -2.45. The highest BCUT2D eigenvalue weighted by Gasteiger charge is 2.49. The lowest BCUT2D eigenvalue weighted by atomic mass is 9.60. The number of rotatable bonds is 3. The molecule has 4 nitrogen and oxygen atoms in total. The van der Waals surface area contributed by atoms with Gasteiger partial charge in [-0.15, -0.1) is 0 Å². The molecule has 0 radical (unpaired) electrons. The molecule has 2 atom stereocenters. The standard InChI is InChI=1S/C25H31NO3/c1-6-29-16-9-7-8-15(10-16)21-22-17(11-24(2,3)13-19(22)27)26-18-12-25(4,5)14-20(28)23(18)21/h7-10,21-22H,6,11-14H2,1-5H3/t21-,22?/m1/s1. The van der Waals surface area contributed by atoms with Gasteiger partial charge in [-0.3, -0.25) is 14.6 Å². The Morgan fingerprint density at radius 3 is 2.45 bits per heavy atom. The van der Waals surface area contributed by atoms with Gasteiger partial charge < -0.3 is 4.74 Å². The van der Waals surface area contributed by atoms with Crippen LogP contribution in [0.1, 0.15) is 71.8 Å². The fourth-order valence-electron chi connectivity index (χ4n) is 5.34. The number of fused-ring (bicyclic) bond motifs is 1. The van der Waals surface area contributed by atoms with Gasteiger partial charge in [0.05, 0.1) is 12.5 Å². The molecule has 4 heteroatoms. The van der Waals surface area contributed by atoms with Crippen LogP contribution in [-0.2, 0) is 9.59 Å². The monoisotopic (exact) mass is 393 g/mol. The Bertz CT molecular complexity index is 935. The van der Waals surface area contributed by atoms with Gasteiger partial charge in [0.2, 0.25) is 0 Å². The first-order valence-electron chi connectivity index (χ1n) is 10.7. The van der Waals surface area contributed by atoms with Crippen LogP contribution in [0.5, 0.6) is 5.75 Å². The van der Waals surface area contributed by atoms with Crippen molar-refractivity contribution in [2.45, 2.75) is 66.2 Å². The molecule has 0 aromatic heterocycles. The van der Waals surface area contributed by atoms with Gasteiger partial charge >= 0.3 is 0 Å². The van der Waals surface area contributed by atoms with E-state index in [1.165, 1.54) is 0 Å². The number of hydrogen-bond acceptors (Lipinski definition) is 4. The molecule has 1 heterocycles. The van der Waals surface area contributed by atoms with E-state index in [1.54, 1.807) is 0 Å². The number of ether oxygens (including phenoxy) is 1. The smallest absolute Gasteiger partial charge is 0.161 e. The average molecular weight is 394 g/mol. The molecule has 0 N–H and O–H groups in total. The Labute approximate surface area is 173 Å². The van der Waals surface area contributed by atoms with Crippen LogP contribution in [0.2, 0.25) is 0 Å². The summed E-state index contributed by atoms with van der Waals surface area (Å²) in [4.78, 5) is 31.6. The van der Waals surface area contributed by atoms with Crippen LogP contribution < -0.4 is 4.74 Å². The predicted molar refractivity (Wildman–Crippen MR) is 114 cm³/mol. The van der Waals surface area contributed by atoms with Crippen LogP contribution in [0, 0.1) is 16.7 Å². The maximum absolute atomic E-state index is 13.3. The van der Waals surface area contributed by atoms with Crippen molar-refractivity contribution in [3.05, 3.63) is 41.1 Å². The third-order valence-corrected chi connectivity index (χ3v) is 6.37. The van der Waals surface area contributed by atoms with E-state index < -0.39 is 0 Å². The molecule has 1 aromatic rings. The van der Waals surface area contributed by atoms with Crippen LogP contribution in [-0.4, -0.2) is 23.9 Å². The van der Waals surface area contributed by atoms with Crippen molar-refractivity contribution in [2.24, 2.45) is 21.7 Å². The van der Waals surface area contributed by atoms with Crippen molar-refractivity contribution in [3.63, 3.8) is 0 Å². The number of hydrogen-bond donors (Lipinski definition) is 0. The van der Waals surface area contributed by atoms with E-state index in [2.05, 4.69) is 27.7 Å². The summed E-state index contributed by atoms with van der Waals surface area (Å²) in [5.41, 5.74) is 3.42. The van der Waals surface area contributed by atoms with Gasteiger partial charge in [0.1, 0.15) is 11.5 Å². The third-order valence-electron chi connectivity index (χ3n) is 6.37. The number of carbonyl (C=O) groups excluding carboxylic acids is 2. The molecule has 1 aliphatic heterocycles. The minimum Gasteiger partial charge on any atom is -0.494 e. The van der Waals surface area contributed by atoms with Crippen molar-refractivity contribution in [1.82, 2.24) is 0 Å². The quantitative estimate of drug-likeness (QED) is 0.703. The molecule has 1 fully saturated rings. The topological polar surface area (TPSA) is 55.7 Å². The molecular weight excluding hydrogens is 362 g/mol. The molecule has 0 bridgehead atoms. The van der Waals surface area contributed by atoms with Gasteiger partial charge in [-0.05, 0) is 48.3 Å². The van der Waals surface area contributed by atoms with Crippen LogP contribution in [0.15, 0.2) is 40.5 Å². The molecule has 4 rings (SSSR count). The molecular formula is C25H31NO3. The number of nitrogens with zero attached hydrogens (tertiary/aromatic N) is 1. The summed E-state index contributed by atoms with van der Waals surface area (Å²) in [6, 6.07) is 7.92. The zero-order valence-electron chi connectivity index (χ0n) is 18.2. The number of benzene rings is 1. The van der Waals surface area contributed by atoms with E-state index in [0.717, 1.165) is 41.1 Å². The van der Waals surface area contributed by atoms with Crippen molar-refractivity contribution in [2.75, 3.05) is 6.61 Å². The summed E-state index contributed by atoms with van der Waals surface area (Å²) >= 11 is 0. The minimum absolute atomic E-state index is 0.0869. The van der Waals surface area contributed by atoms with Gasteiger partial charge in [-0.2, -0.15) is 0 Å². The van der Waals surface area contributed by atoms with Gasteiger partial charge in [-0.25, -0.2) is 0 Å². The SMILES string of the molecule is CCOc1cccc([C@H]2C3=C(CC(C)(C)CC3=O)N=C3CC(C)(C)CC(=O)C32)c1. The first-order valence-corrected chi connectivity index (χ1v) is 10.7. The molecule has 0 saturated heterocycles. The molecule has 1 saturated carbocycles. The van der Waals surface area contributed by atoms with Crippen LogP contribution in [0.3, 0.4) is 0 Å². The highest BCUT2D eigenvalue weighted by Crippen LogP contribution is 2.51. The second-order valence-corrected chi connectivity index (χ2v) is 10.3. The Kier molecular flexibility index (Phi) is 4.79. The Morgan fingerprint density at radius 1 is 1.00 bits per heavy atom. The number of allylic oxidation sites excluding steroid dienone is 2. The Hall–Kier alpha value is -2.23. The zero-order valence-corrected chi connectivity index (χ0v) is 18.2. The lowest BCUT2D eigenvalue weighted by molar-refractivity contribution is -0.124. The third kappa shape index (κ3) is 3.70. The van der Waals surface area contributed by atoms with Crippen molar-refractivity contribution < 1.29 is 14.3 Å². The highest BCUT2D eigenvalue weighted by atomic mass is 16.5. The zero-order chi connectivity index (χ0) is 21.0. The summed E-state index contributed by atoms with van der Waals surface area (Å²) in [5, 5.41) is 0. The van der Waals surface area contributed by atoms with E-state index in [-0.39, 0.29) is 34.2 Å². The Balaban J connectivity index is 1.88. The maximum atomic E-state index is 13.3. The Morgan fingerprint density at radius 2 is 1.72 bits per heavy atom. The van der Waals surface area contributed by atoms with Gasteiger partial charge in [0, 0.05) is 35.7 Å². The van der Waals surface area contributed by atoms with Gasteiger partial charge in [0.15, 0.2) is 5.78 Å². The maximum Gasteiger partial charge on any atom is 0.161 e.